The average Bonchev–Trinajstić information content (AvgIpc) is 2.45. The third-order valence-corrected chi connectivity index (χ3v) is 3.05. The summed E-state index contributed by atoms with van der Waals surface area (Å²) in [5, 5.41) is 11.7. The van der Waals surface area contributed by atoms with Crippen LogP contribution in [0.15, 0.2) is 24.3 Å². The second kappa shape index (κ2) is 9.16. The summed E-state index contributed by atoms with van der Waals surface area (Å²) in [6.45, 7) is 2.69. The Morgan fingerprint density at radius 2 is 2.05 bits per heavy atom. The maximum Gasteiger partial charge on any atom is 0.220 e. The van der Waals surface area contributed by atoms with E-state index in [1.54, 1.807) is 6.07 Å². The number of unbranched alkanes of at least 4 members (excludes halogenated alkanes) is 4. The molecule has 0 spiro atoms. The van der Waals surface area contributed by atoms with E-state index in [0.717, 1.165) is 18.4 Å². The van der Waals surface area contributed by atoms with Gasteiger partial charge in [0.05, 0.1) is 11.6 Å². The molecular weight excluding hydrogens is 236 g/mol. The third-order valence-electron chi connectivity index (χ3n) is 3.05. The van der Waals surface area contributed by atoms with Gasteiger partial charge in [-0.2, -0.15) is 5.26 Å². The van der Waals surface area contributed by atoms with Crippen LogP contribution < -0.4 is 5.32 Å². The Hall–Kier alpha value is -1.82. The topological polar surface area (TPSA) is 52.9 Å². The van der Waals surface area contributed by atoms with Gasteiger partial charge in [0.25, 0.3) is 0 Å². The minimum atomic E-state index is 0.0962. The highest BCUT2D eigenvalue weighted by molar-refractivity contribution is 5.75. The Balaban J connectivity index is 2.21. The van der Waals surface area contributed by atoms with E-state index in [9.17, 15) is 4.79 Å². The van der Waals surface area contributed by atoms with Crippen LogP contribution in [-0.4, -0.2) is 5.91 Å². The van der Waals surface area contributed by atoms with Gasteiger partial charge in [0.1, 0.15) is 0 Å². The molecular formula is C16H22N2O. The maximum atomic E-state index is 11.6. The first kappa shape index (κ1) is 15.2. The fraction of sp³-hybridized carbons (Fsp3) is 0.500. The quantitative estimate of drug-likeness (QED) is 0.725. The Labute approximate surface area is 115 Å². The number of nitrogens with one attached hydrogen (secondary N) is 1. The van der Waals surface area contributed by atoms with Crippen LogP contribution in [0.1, 0.15) is 56.6 Å². The fourth-order valence-corrected chi connectivity index (χ4v) is 1.93. The van der Waals surface area contributed by atoms with Gasteiger partial charge in [-0.25, -0.2) is 0 Å². The minimum absolute atomic E-state index is 0.0962. The van der Waals surface area contributed by atoms with Gasteiger partial charge in [-0.05, 0) is 24.1 Å². The van der Waals surface area contributed by atoms with E-state index in [0.29, 0.717) is 18.5 Å². The van der Waals surface area contributed by atoms with Crippen LogP contribution in [0.2, 0.25) is 0 Å². The summed E-state index contributed by atoms with van der Waals surface area (Å²) >= 11 is 0. The van der Waals surface area contributed by atoms with Crippen LogP contribution in [0.3, 0.4) is 0 Å². The van der Waals surface area contributed by atoms with Crippen molar-refractivity contribution in [3.8, 4) is 6.07 Å². The van der Waals surface area contributed by atoms with Crippen molar-refractivity contribution in [2.24, 2.45) is 0 Å². The molecule has 0 aliphatic heterocycles. The minimum Gasteiger partial charge on any atom is -0.352 e. The molecule has 1 aromatic rings. The molecule has 3 heteroatoms. The number of carbonyl (C=O) groups is 1. The van der Waals surface area contributed by atoms with E-state index in [2.05, 4.69) is 18.3 Å². The summed E-state index contributed by atoms with van der Waals surface area (Å²) in [6, 6.07) is 9.42. The first-order chi connectivity index (χ1) is 9.26. The van der Waals surface area contributed by atoms with Gasteiger partial charge in [-0.15, -0.1) is 0 Å². The number of rotatable bonds is 8. The number of hydrogen-bond acceptors (Lipinski definition) is 2. The summed E-state index contributed by atoms with van der Waals surface area (Å²) in [6.07, 6.45) is 6.38. The zero-order chi connectivity index (χ0) is 13.9. The van der Waals surface area contributed by atoms with Gasteiger partial charge in [0, 0.05) is 13.0 Å². The molecule has 0 aliphatic rings. The summed E-state index contributed by atoms with van der Waals surface area (Å²) < 4.78 is 0. The molecule has 0 aliphatic carbocycles. The number of benzene rings is 1. The predicted octanol–water partition coefficient (Wildman–Crippen LogP) is 3.53. The molecule has 1 rings (SSSR count). The standard InChI is InChI=1S/C16H22N2O/c1-2-3-4-5-6-10-16(19)18-13-15-9-7-8-14(11-15)12-17/h7-9,11H,2-6,10,13H2,1H3,(H,18,19). The molecule has 0 fully saturated rings. The van der Waals surface area contributed by atoms with E-state index in [-0.39, 0.29) is 5.91 Å². The van der Waals surface area contributed by atoms with Crippen LogP contribution in [-0.2, 0) is 11.3 Å². The molecule has 1 aromatic carbocycles. The van der Waals surface area contributed by atoms with Crippen molar-refractivity contribution >= 4 is 5.91 Å². The van der Waals surface area contributed by atoms with E-state index >= 15 is 0 Å². The van der Waals surface area contributed by atoms with Gasteiger partial charge in [0.15, 0.2) is 0 Å². The zero-order valence-corrected chi connectivity index (χ0v) is 11.6. The highest BCUT2D eigenvalue weighted by Gasteiger charge is 2.01. The van der Waals surface area contributed by atoms with Gasteiger partial charge in [-0.3, -0.25) is 4.79 Å². The molecule has 0 atom stereocenters. The van der Waals surface area contributed by atoms with Crippen molar-refractivity contribution in [1.29, 1.82) is 5.26 Å². The summed E-state index contributed by atoms with van der Waals surface area (Å²) in [5.74, 6) is 0.0962. The third kappa shape index (κ3) is 6.61. The number of hydrogen-bond donors (Lipinski definition) is 1. The van der Waals surface area contributed by atoms with Crippen molar-refractivity contribution in [3.05, 3.63) is 35.4 Å². The lowest BCUT2D eigenvalue weighted by Crippen LogP contribution is -2.22. The van der Waals surface area contributed by atoms with E-state index in [1.165, 1.54) is 19.3 Å². The lowest BCUT2D eigenvalue weighted by atomic mass is 10.1. The van der Waals surface area contributed by atoms with Crippen molar-refractivity contribution < 1.29 is 4.79 Å². The molecule has 1 amide bonds. The Morgan fingerprint density at radius 3 is 2.79 bits per heavy atom. The monoisotopic (exact) mass is 258 g/mol. The SMILES string of the molecule is CCCCCCCC(=O)NCc1cccc(C#N)c1. The molecule has 102 valence electrons. The van der Waals surface area contributed by atoms with Gasteiger partial charge < -0.3 is 5.32 Å². The van der Waals surface area contributed by atoms with Crippen LogP contribution in [0.5, 0.6) is 0 Å². The second-order valence-electron chi connectivity index (χ2n) is 4.75. The number of carbonyl (C=O) groups excluding carboxylic acids is 1. The Morgan fingerprint density at radius 1 is 1.26 bits per heavy atom. The van der Waals surface area contributed by atoms with E-state index in [1.807, 2.05) is 18.2 Å². The average molecular weight is 258 g/mol. The molecule has 0 radical (unpaired) electrons. The molecule has 0 bridgehead atoms. The Bertz CT molecular complexity index is 435. The van der Waals surface area contributed by atoms with Gasteiger partial charge in [-0.1, -0.05) is 44.7 Å². The number of amides is 1. The first-order valence-electron chi connectivity index (χ1n) is 7.02. The van der Waals surface area contributed by atoms with E-state index < -0.39 is 0 Å². The normalized spacial score (nSPS) is 9.89. The van der Waals surface area contributed by atoms with Crippen LogP contribution >= 0.6 is 0 Å². The fourth-order valence-electron chi connectivity index (χ4n) is 1.93. The van der Waals surface area contributed by atoms with Crippen LogP contribution in [0.25, 0.3) is 0 Å². The van der Waals surface area contributed by atoms with Crippen molar-refractivity contribution in [1.82, 2.24) is 5.32 Å². The van der Waals surface area contributed by atoms with E-state index in [4.69, 9.17) is 5.26 Å². The van der Waals surface area contributed by atoms with Crippen molar-refractivity contribution in [2.75, 3.05) is 0 Å². The van der Waals surface area contributed by atoms with Crippen LogP contribution in [0.4, 0.5) is 0 Å². The smallest absolute Gasteiger partial charge is 0.220 e. The first-order valence-corrected chi connectivity index (χ1v) is 7.02. The second-order valence-corrected chi connectivity index (χ2v) is 4.75. The molecule has 19 heavy (non-hydrogen) atoms. The molecule has 0 saturated carbocycles. The predicted molar refractivity (Wildman–Crippen MR) is 76.4 cm³/mol. The summed E-state index contributed by atoms with van der Waals surface area (Å²) in [7, 11) is 0. The zero-order valence-electron chi connectivity index (χ0n) is 11.6. The lowest BCUT2D eigenvalue weighted by Gasteiger charge is -2.05. The molecule has 0 unspecified atom stereocenters. The molecule has 1 N–H and O–H groups in total. The molecule has 3 nitrogen and oxygen atoms in total. The molecule has 0 aromatic heterocycles. The molecule has 0 saturated heterocycles. The largest absolute Gasteiger partial charge is 0.352 e. The number of nitrogens with zero attached hydrogens (tertiary/aromatic N) is 1. The van der Waals surface area contributed by atoms with Crippen molar-refractivity contribution in [2.45, 2.75) is 52.0 Å². The van der Waals surface area contributed by atoms with Crippen molar-refractivity contribution in [3.63, 3.8) is 0 Å². The Kier molecular flexibility index (Phi) is 7.34. The van der Waals surface area contributed by atoms with Gasteiger partial charge >= 0.3 is 0 Å². The molecule has 0 heterocycles. The maximum absolute atomic E-state index is 11.6. The lowest BCUT2D eigenvalue weighted by molar-refractivity contribution is -0.121. The highest BCUT2D eigenvalue weighted by atomic mass is 16.1. The highest BCUT2D eigenvalue weighted by Crippen LogP contribution is 2.06. The number of nitriles is 1. The van der Waals surface area contributed by atoms with Gasteiger partial charge in [0.2, 0.25) is 5.91 Å². The van der Waals surface area contributed by atoms with Crippen LogP contribution in [0, 0.1) is 11.3 Å². The summed E-state index contributed by atoms with van der Waals surface area (Å²) in [5.41, 5.74) is 1.60. The summed E-state index contributed by atoms with van der Waals surface area (Å²) in [4.78, 5) is 11.6.